The first-order valence-corrected chi connectivity index (χ1v) is 9.21. The van der Waals surface area contributed by atoms with Gasteiger partial charge in [0, 0.05) is 25.7 Å². The molecule has 1 amide bonds. The first-order valence-electron chi connectivity index (χ1n) is 9.21. The normalized spacial score (nSPS) is 21.5. The van der Waals surface area contributed by atoms with Crippen molar-refractivity contribution in [3.05, 3.63) is 35.9 Å². The molecule has 1 aromatic carbocycles. The van der Waals surface area contributed by atoms with E-state index in [0.717, 1.165) is 12.1 Å². The second kappa shape index (κ2) is 8.51. The summed E-state index contributed by atoms with van der Waals surface area (Å²) in [5.41, 5.74) is 0.859. The summed E-state index contributed by atoms with van der Waals surface area (Å²) >= 11 is 0. The van der Waals surface area contributed by atoms with Crippen LogP contribution in [0.5, 0.6) is 0 Å². The van der Waals surface area contributed by atoms with Gasteiger partial charge in [-0.05, 0) is 17.9 Å². The molecule has 0 aromatic heterocycles. The van der Waals surface area contributed by atoms with Gasteiger partial charge in [-0.1, -0.05) is 51.1 Å². The Labute approximate surface area is 163 Å². The molecule has 2 atom stereocenters. The molecule has 0 aliphatic carbocycles. The van der Waals surface area contributed by atoms with Crippen LogP contribution in [0.25, 0.3) is 0 Å². The van der Waals surface area contributed by atoms with Crippen molar-refractivity contribution in [1.29, 1.82) is 0 Å². The van der Waals surface area contributed by atoms with Crippen LogP contribution in [-0.2, 0) is 14.3 Å². The van der Waals surface area contributed by atoms with Gasteiger partial charge in [-0.25, -0.2) is 4.79 Å². The molecule has 0 saturated carbocycles. The van der Waals surface area contributed by atoms with Crippen molar-refractivity contribution in [3.63, 3.8) is 0 Å². The molecule has 5 nitrogen and oxygen atoms in total. The average Bonchev–Trinajstić information content (AvgIpc) is 2.59. The minimum atomic E-state index is -4.67. The monoisotopic (exact) mass is 400 g/mol. The Bertz CT molecular complexity index is 686. The maximum absolute atomic E-state index is 12.6. The third kappa shape index (κ3) is 6.22. The second-order valence-electron chi connectivity index (χ2n) is 8.41. The molecule has 28 heavy (non-hydrogen) atoms. The van der Waals surface area contributed by atoms with Gasteiger partial charge < -0.3 is 9.64 Å². The minimum absolute atomic E-state index is 0.0350. The predicted octanol–water partition coefficient (Wildman–Crippen LogP) is 3.41. The molecule has 1 aliphatic rings. The molecule has 8 heteroatoms. The fourth-order valence-corrected chi connectivity index (χ4v) is 3.37. The lowest BCUT2D eigenvalue weighted by Crippen LogP contribution is -2.57. The highest BCUT2D eigenvalue weighted by atomic mass is 19.4. The summed E-state index contributed by atoms with van der Waals surface area (Å²) in [7, 11) is 0. The smallest absolute Gasteiger partial charge is 0.422 e. The lowest BCUT2D eigenvalue weighted by molar-refractivity contribution is -0.190. The van der Waals surface area contributed by atoms with Crippen LogP contribution in [0.1, 0.15) is 39.3 Å². The number of esters is 1. The molecule has 1 aromatic rings. The summed E-state index contributed by atoms with van der Waals surface area (Å²) in [6.07, 6.45) is -4.67. The van der Waals surface area contributed by atoms with Gasteiger partial charge in [-0.2, -0.15) is 13.2 Å². The number of rotatable bonds is 3. The molecule has 0 N–H and O–H groups in total. The van der Waals surface area contributed by atoms with Crippen molar-refractivity contribution < 1.29 is 27.5 Å². The Morgan fingerprint density at radius 1 is 1.11 bits per heavy atom. The standard InChI is InChI=1S/C20H27F3N2O3/c1-14-10-25(17(26)18(27)28-13-20(21,22)23)16(15-8-6-5-7-9-15)11-24(14)12-19(2,3)4/h5-9,14,16H,10-13H2,1-4H3/t14-,16-/m1/s1. The Morgan fingerprint density at radius 3 is 2.25 bits per heavy atom. The lowest BCUT2D eigenvalue weighted by Gasteiger charge is -2.46. The molecule has 0 bridgehead atoms. The highest BCUT2D eigenvalue weighted by Gasteiger charge is 2.40. The van der Waals surface area contributed by atoms with E-state index in [1.807, 2.05) is 37.3 Å². The van der Waals surface area contributed by atoms with E-state index in [0.29, 0.717) is 6.54 Å². The van der Waals surface area contributed by atoms with Crippen molar-refractivity contribution in [2.75, 3.05) is 26.2 Å². The van der Waals surface area contributed by atoms with E-state index in [2.05, 4.69) is 30.4 Å². The molecule has 1 heterocycles. The molecule has 0 radical (unpaired) electrons. The number of nitrogens with zero attached hydrogens (tertiary/aromatic N) is 2. The highest BCUT2D eigenvalue weighted by Crippen LogP contribution is 2.30. The SMILES string of the molecule is C[C@@H]1CN(C(=O)C(=O)OCC(F)(F)F)[C@@H](c2ccccc2)CN1CC(C)(C)C. The largest absolute Gasteiger partial charge is 0.449 e. The summed E-state index contributed by atoms with van der Waals surface area (Å²) in [4.78, 5) is 28.1. The number of carbonyl (C=O) groups is 2. The number of halogens is 3. The first-order chi connectivity index (χ1) is 12.9. The van der Waals surface area contributed by atoms with Crippen LogP contribution < -0.4 is 0 Å². The first kappa shape index (κ1) is 22.2. The van der Waals surface area contributed by atoms with E-state index < -0.39 is 30.7 Å². The van der Waals surface area contributed by atoms with E-state index >= 15 is 0 Å². The van der Waals surface area contributed by atoms with Crippen LogP contribution >= 0.6 is 0 Å². The van der Waals surface area contributed by atoms with Crippen LogP contribution in [0.3, 0.4) is 0 Å². The van der Waals surface area contributed by atoms with Gasteiger partial charge in [0.15, 0.2) is 6.61 Å². The van der Waals surface area contributed by atoms with Gasteiger partial charge >= 0.3 is 18.1 Å². The second-order valence-corrected chi connectivity index (χ2v) is 8.41. The molecular formula is C20H27F3N2O3. The van der Waals surface area contributed by atoms with Crippen LogP contribution in [0.2, 0.25) is 0 Å². The number of piperazine rings is 1. The summed E-state index contributed by atoms with van der Waals surface area (Å²) in [6.45, 7) is 8.02. The molecule has 1 fully saturated rings. The van der Waals surface area contributed by atoms with Crippen molar-refractivity contribution in [2.24, 2.45) is 5.41 Å². The van der Waals surface area contributed by atoms with E-state index in [-0.39, 0.29) is 18.0 Å². The number of carbonyl (C=O) groups excluding carboxylic acids is 2. The topological polar surface area (TPSA) is 49.9 Å². The van der Waals surface area contributed by atoms with Crippen LogP contribution in [-0.4, -0.2) is 60.1 Å². The van der Waals surface area contributed by atoms with Crippen molar-refractivity contribution in [1.82, 2.24) is 9.80 Å². The summed E-state index contributed by atoms with van der Waals surface area (Å²) < 4.78 is 41.2. The van der Waals surface area contributed by atoms with Gasteiger partial charge in [0.1, 0.15) is 0 Å². The minimum Gasteiger partial charge on any atom is -0.449 e. The summed E-state index contributed by atoms with van der Waals surface area (Å²) in [5, 5.41) is 0. The zero-order chi connectivity index (χ0) is 21.1. The number of ether oxygens (including phenoxy) is 1. The molecule has 1 saturated heterocycles. The maximum Gasteiger partial charge on any atom is 0.422 e. The van der Waals surface area contributed by atoms with Crippen molar-refractivity contribution >= 4 is 11.9 Å². The third-order valence-corrected chi connectivity index (χ3v) is 4.53. The molecule has 1 aliphatic heterocycles. The van der Waals surface area contributed by atoms with Crippen molar-refractivity contribution in [3.8, 4) is 0 Å². The third-order valence-electron chi connectivity index (χ3n) is 4.53. The molecule has 156 valence electrons. The number of hydrogen-bond acceptors (Lipinski definition) is 4. The fraction of sp³-hybridized carbons (Fsp3) is 0.600. The van der Waals surface area contributed by atoms with Crippen LogP contribution in [0, 0.1) is 5.41 Å². The highest BCUT2D eigenvalue weighted by molar-refractivity contribution is 6.32. The van der Waals surface area contributed by atoms with Gasteiger partial charge in [0.2, 0.25) is 0 Å². The number of hydrogen-bond donors (Lipinski definition) is 0. The molecular weight excluding hydrogens is 373 g/mol. The Balaban J connectivity index is 2.23. The van der Waals surface area contributed by atoms with Gasteiger partial charge in [-0.15, -0.1) is 0 Å². The zero-order valence-electron chi connectivity index (χ0n) is 16.6. The molecule has 0 spiro atoms. The number of benzene rings is 1. The van der Waals surface area contributed by atoms with E-state index in [9.17, 15) is 22.8 Å². The maximum atomic E-state index is 12.6. The predicted molar refractivity (Wildman–Crippen MR) is 98.4 cm³/mol. The van der Waals surface area contributed by atoms with Gasteiger partial charge in [0.25, 0.3) is 0 Å². The van der Waals surface area contributed by atoms with Crippen LogP contribution in [0.4, 0.5) is 13.2 Å². The van der Waals surface area contributed by atoms with E-state index in [1.54, 1.807) is 0 Å². The lowest BCUT2D eigenvalue weighted by atomic mass is 9.92. The fourth-order valence-electron chi connectivity index (χ4n) is 3.37. The van der Waals surface area contributed by atoms with E-state index in [4.69, 9.17) is 0 Å². The van der Waals surface area contributed by atoms with Gasteiger partial charge in [0.05, 0.1) is 6.04 Å². The quantitative estimate of drug-likeness (QED) is 0.576. The number of amides is 1. The van der Waals surface area contributed by atoms with Gasteiger partial charge in [-0.3, -0.25) is 9.69 Å². The van der Waals surface area contributed by atoms with Crippen molar-refractivity contribution in [2.45, 2.75) is 46.0 Å². The Hall–Kier alpha value is -2.09. The Morgan fingerprint density at radius 2 is 1.71 bits per heavy atom. The van der Waals surface area contributed by atoms with Crippen LogP contribution in [0.15, 0.2) is 30.3 Å². The molecule has 2 rings (SSSR count). The van der Waals surface area contributed by atoms with E-state index in [1.165, 1.54) is 4.90 Å². The zero-order valence-corrected chi connectivity index (χ0v) is 16.6. The summed E-state index contributed by atoms with van der Waals surface area (Å²) in [5.74, 6) is -2.52. The number of alkyl halides is 3. The summed E-state index contributed by atoms with van der Waals surface area (Å²) in [6, 6.07) is 8.70. The molecule has 0 unspecified atom stereocenters. The Kier molecular flexibility index (Phi) is 6.75. The average molecular weight is 400 g/mol.